The monoisotopic (exact) mass is 379 g/mol. The topological polar surface area (TPSA) is 60.8 Å². The number of rotatable bonds is 4. The third kappa shape index (κ3) is 3.59. The molecule has 0 fully saturated rings. The molecule has 144 valence electrons. The van der Waals surface area contributed by atoms with E-state index >= 15 is 0 Å². The maximum Gasteiger partial charge on any atom is 0.389 e. The number of likely N-dealkylation sites (N-methyl/N-ethyl adjacent to an activating group) is 1. The predicted octanol–water partition coefficient (Wildman–Crippen LogP) is 4.48. The third-order valence-electron chi connectivity index (χ3n) is 4.84. The molecule has 0 radical (unpaired) electrons. The summed E-state index contributed by atoms with van der Waals surface area (Å²) in [5, 5.41) is 20.9. The summed E-state index contributed by atoms with van der Waals surface area (Å²) < 4.78 is 37.3. The molecule has 2 aromatic rings. The van der Waals surface area contributed by atoms with Crippen LogP contribution in [0.5, 0.6) is 11.5 Å². The van der Waals surface area contributed by atoms with Crippen molar-refractivity contribution in [2.24, 2.45) is 0 Å². The predicted molar refractivity (Wildman–Crippen MR) is 96.1 cm³/mol. The van der Waals surface area contributed by atoms with E-state index < -0.39 is 12.6 Å². The molecule has 4 nitrogen and oxygen atoms in total. The molecule has 27 heavy (non-hydrogen) atoms. The SMILES string of the molecule is CCN1C(=O)Cc2c1ccc(C)c2-c1c(O)cc(CCC(F)(F)F)cc1O. The average molecular weight is 379 g/mol. The second-order valence-electron chi connectivity index (χ2n) is 6.69. The van der Waals surface area contributed by atoms with Crippen molar-refractivity contribution < 1.29 is 28.2 Å². The van der Waals surface area contributed by atoms with Crippen LogP contribution in [0.4, 0.5) is 18.9 Å². The summed E-state index contributed by atoms with van der Waals surface area (Å²) >= 11 is 0. The number of nitrogens with zero attached hydrogens (tertiary/aromatic N) is 1. The van der Waals surface area contributed by atoms with Gasteiger partial charge in [0.15, 0.2) is 0 Å². The van der Waals surface area contributed by atoms with Gasteiger partial charge >= 0.3 is 6.18 Å². The number of aromatic hydroxyl groups is 2. The number of hydrogen-bond donors (Lipinski definition) is 2. The van der Waals surface area contributed by atoms with Gasteiger partial charge < -0.3 is 15.1 Å². The Hall–Kier alpha value is -2.70. The maximum absolute atomic E-state index is 12.4. The van der Waals surface area contributed by atoms with E-state index in [1.54, 1.807) is 17.9 Å². The van der Waals surface area contributed by atoms with Gasteiger partial charge in [-0.05, 0) is 60.7 Å². The summed E-state index contributed by atoms with van der Waals surface area (Å²) in [6.07, 6.45) is -5.54. The fourth-order valence-electron chi connectivity index (χ4n) is 3.62. The van der Waals surface area contributed by atoms with Crippen molar-refractivity contribution in [1.82, 2.24) is 0 Å². The number of phenolic OH excluding ortho intramolecular Hbond substituents is 2. The highest BCUT2D eigenvalue weighted by molar-refractivity contribution is 6.05. The van der Waals surface area contributed by atoms with E-state index in [2.05, 4.69) is 0 Å². The number of carbonyl (C=O) groups excluding carboxylic acids is 1. The number of alkyl halides is 3. The summed E-state index contributed by atoms with van der Waals surface area (Å²) in [6.45, 7) is 4.16. The number of anilines is 1. The van der Waals surface area contributed by atoms with Crippen LogP contribution in [0.2, 0.25) is 0 Å². The van der Waals surface area contributed by atoms with Crippen molar-refractivity contribution in [2.45, 2.75) is 39.3 Å². The molecule has 2 N–H and O–H groups in total. The van der Waals surface area contributed by atoms with Crippen LogP contribution in [0.3, 0.4) is 0 Å². The normalized spacial score (nSPS) is 14.0. The minimum absolute atomic E-state index is 0.0693. The molecule has 0 saturated carbocycles. The molecule has 0 aliphatic carbocycles. The second-order valence-corrected chi connectivity index (χ2v) is 6.69. The fraction of sp³-hybridized carbons (Fsp3) is 0.350. The van der Waals surface area contributed by atoms with Crippen LogP contribution in [-0.4, -0.2) is 28.8 Å². The first-order valence-electron chi connectivity index (χ1n) is 8.67. The molecule has 0 aromatic heterocycles. The van der Waals surface area contributed by atoms with Crippen LogP contribution in [-0.2, 0) is 17.6 Å². The van der Waals surface area contributed by atoms with E-state index in [-0.39, 0.29) is 41.4 Å². The third-order valence-corrected chi connectivity index (χ3v) is 4.84. The highest BCUT2D eigenvalue weighted by Crippen LogP contribution is 2.46. The van der Waals surface area contributed by atoms with Gasteiger partial charge in [0.25, 0.3) is 0 Å². The van der Waals surface area contributed by atoms with E-state index in [0.717, 1.165) is 11.3 Å². The molecule has 1 aliphatic rings. The van der Waals surface area contributed by atoms with Crippen molar-refractivity contribution in [3.8, 4) is 22.6 Å². The van der Waals surface area contributed by atoms with Crippen LogP contribution in [0.15, 0.2) is 24.3 Å². The number of fused-ring (bicyclic) bond motifs is 1. The van der Waals surface area contributed by atoms with Gasteiger partial charge in [0.1, 0.15) is 11.5 Å². The molecule has 1 heterocycles. The van der Waals surface area contributed by atoms with Crippen LogP contribution in [0.1, 0.15) is 30.0 Å². The Morgan fingerprint density at radius 2 is 1.74 bits per heavy atom. The van der Waals surface area contributed by atoms with E-state index in [1.807, 2.05) is 13.0 Å². The molecule has 7 heteroatoms. The lowest BCUT2D eigenvalue weighted by Crippen LogP contribution is -2.25. The first-order chi connectivity index (χ1) is 12.6. The largest absolute Gasteiger partial charge is 0.507 e. The fourth-order valence-corrected chi connectivity index (χ4v) is 3.62. The number of amides is 1. The maximum atomic E-state index is 12.4. The highest BCUT2D eigenvalue weighted by atomic mass is 19.4. The van der Waals surface area contributed by atoms with Gasteiger partial charge in [0.05, 0.1) is 12.0 Å². The lowest BCUT2D eigenvalue weighted by Gasteiger charge is -2.18. The Balaban J connectivity index is 2.08. The van der Waals surface area contributed by atoms with Crippen molar-refractivity contribution >= 4 is 11.6 Å². The van der Waals surface area contributed by atoms with E-state index in [1.165, 1.54) is 12.1 Å². The summed E-state index contributed by atoms with van der Waals surface area (Å²) in [5.74, 6) is -0.669. The molecule has 0 atom stereocenters. The van der Waals surface area contributed by atoms with Gasteiger partial charge in [0.2, 0.25) is 5.91 Å². The smallest absolute Gasteiger partial charge is 0.389 e. The number of carbonyl (C=O) groups is 1. The van der Waals surface area contributed by atoms with Crippen molar-refractivity contribution in [1.29, 1.82) is 0 Å². The minimum atomic E-state index is -4.31. The van der Waals surface area contributed by atoms with Gasteiger partial charge in [0, 0.05) is 18.7 Å². The molecular weight excluding hydrogens is 359 g/mol. The van der Waals surface area contributed by atoms with Gasteiger partial charge in [-0.25, -0.2) is 0 Å². The van der Waals surface area contributed by atoms with E-state index in [4.69, 9.17) is 0 Å². The zero-order chi connectivity index (χ0) is 19.9. The molecule has 0 saturated heterocycles. The van der Waals surface area contributed by atoms with E-state index in [9.17, 15) is 28.2 Å². The number of aryl methyl sites for hydroxylation is 2. The molecule has 1 amide bonds. The second kappa shape index (κ2) is 6.79. The zero-order valence-corrected chi connectivity index (χ0v) is 15.0. The lowest BCUT2D eigenvalue weighted by molar-refractivity contribution is -0.134. The Morgan fingerprint density at radius 3 is 2.30 bits per heavy atom. The summed E-state index contributed by atoms with van der Waals surface area (Å²) in [5.41, 5.74) is 3.08. The summed E-state index contributed by atoms with van der Waals surface area (Å²) in [4.78, 5) is 13.9. The van der Waals surface area contributed by atoms with Crippen molar-refractivity contribution in [3.05, 3.63) is 41.0 Å². The van der Waals surface area contributed by atoms with Crippen LogP contribution >= 0.6 is 0 Å². The first-order valence-corrected chi connectivity index (χ1v) is 8.67. The Kier molecular flexibility index (Phi) is 4.80. The van der Waals surface area contributed by atoms with Crippen LogP contribution < -0.4 is 4.90 Å². The quantitative estimate of drug-likeness (QED) is 0.824. The number of halogens is 3. The van der Waals surface area contributed by atoms with Gasteiger partial charge in [-0.1, -0.05) is 6.07 Å². The number of benzene rings is 2. The average Bonchev–Trinajstić information content (AvgIpc) is 2.89. The highest BCUT2D eigenvalue weighted by Gasteiger charge is 2.31. The zero-order valence-electron chi connectivity index (χ0n) is 15.0. The van der Waals surface area contributed by atoms with Crippen LogP contribution in [0, 0.1) is 6.92 Å². The summed E-state index contributed by atoms with van der Waals surface area (Å²) in [6, 6.07) is 6.11. The molecule has 3 rings (SSSR count). The Labute approximate surface area is 154 Å². The van der Waals surface area contributed by atoms with Gasteiger partial charge in [-0.15, -0.1) is 0 Å². The van der Waals surface area contributed by atoms with Crippen molar-refractivity contribution in [2.75, 3.05) is 11.4 Å². The van der Waals surface area contributed by atoms with Gasteiger partial charge in [-0.3, -0.25) is 4.79 Å². The molecular formula is C20H20F3NO3. The Bertz CT molecular complexity index is 883. The summed E-state index contributed by atoms with van der Waals surface area (Å²) in [7, 11) is 0. The Morgan fingerprint density at radius 1 is 1.11 bits per heavy atom. The van der Waals surface area contributed by atoms with E-state index in [0.29, 0.717) is 17.7 Å². The lowest BCUT2D eigenvalue weighted by atomic mass is 9.91. The number of hydrogen-bond acceptors (Lipinski definition) is 3. The molecule has 1 aliphatic heterocycles. The molecule has 2 aromatic carbocycles. The van der Waals surface area contributed by atoms with Gasteiger partial charge in [-0.2, -0.15) is 13.2 Å². The van der Waals surface area contributed by atoms with Crippen LogP contribution in [0.25, 0.3) is 11.1 Å². The standard InChI is InChI=1S/C20H20F3NO3/c1-3-24-14-5-4-11(2)18(13(14)10-17(24)27)19-15(25)8-12(9-16(19)26)6-7-20(21,22)23/h4-5,8-9,25-26H,3,6-7,10H2,1-2H3. The first kappa shape index (κ1) is 19.1. The van der Waals surface area contributed by atoms with Crippen molar-refractivity contribution in [3.63, 3.8) is 0 Å². The molecule has 0 unspecified atom stereocenters. The molecule has 0 spiro atoms. The number of phenols is 2. The minimum Gasteiger partial charge on any atom is -0.507 e. The molecule has 0 bridgehead atoms.